The molecule has 0 fully saturated rings. The van der Waals surface area contributed by atoms with Crippen molar-refractivity contribution in [1.29, 1.82) is 0 Å². The van der Waals surface area contributed by atoms with Gasteiger partial charge >= 0.3 is 0 Å². The molecule has 0 spiro atoms. The number of ether oxygens (including phenoxy) is 1. The summed E-state index contributed by atoms with van der Waals surface area (Å²) in [6.45, 7) is 5.49. The molecule has 0 saturated carbocycles. The average Bonchev–Trinajstić information content (AvgIpc) is 2.98. The lowest BCUT2D eigenvalue weighted by molar-refractivity contribution is -0.119. The first kappa shape index (κ1) is 17.0. The summed E-state index contributed by atoms with van der Waals surface area (Å²) in [5.41, 5.74) is 1.57. The van der Waals surface area contributed by atoms with Crippen molar-refractivity contribution in [3.8, 4) is 5.75 Å². The van der Waals surface area contributed by atoms with Crippen LogP contribution in [0.1, 0.15) is 31.2 Å². The van der Waals surface area contributed by atoms with Crippen LogP contribution >= 0.6 is 0 Å². The number of nitrogens with one attached hydrogen (secondary N) is 3. The van der Waals surface area contributed by atoms with Gasteiger partial charge in [0.15, 0.2) is 12.4 Å². The number of rotatable bonds is 5. The third-order valence-electron chi connectivity index (χ3n) is 3.91. The molecule has 3 N–H and O–H groups in total. The zero-order chi connectivity index (χ0) is 18.0. The molecule has 25 heavy (non-hydrogen) atoms. The minimum atomic E-state index is -0.450. The maximum Gasteiger partial charge on any atom is 0.262 e. The minimum absolute atomic E-state index is 0.0267. The highest BCUT2D eigenvalue weighted by Gasteiger charge is 2.20. The number of amides is 2. The number of hydrogen-bond acceptors (Lipinski definition) is 6. The number of anilines is 2. The predicted octanol–water partition coefficient (Wildman–Crippen LogP) is 1.99. The molecule has 0 radical (unpaired) electrons. The van der Waals surface area contributed by atoms with E-state index in [1.54, 1.807) is 19.9 Å². The molecule has 0 unspecified atom stereocenters. The van der Waals surface area contributed by atoms with Gasteiger partial charge < -0.3 is 19.9 Å². The van der Waals surface area contributed by atoms with Gasteiger partial charge in [-0.1, -0.05) is 11.2 Å². The first-order chi connectivity index (χ1) is 11.9. The zero-order valence-electron chi connectivity index (χ0n) is 14.3. The third-order valence-corrected chi connectivity index (χ3v) is 3.91. The summed E-state index contributed by atoms with van der Waals surface area (Å²) in [7, 11) is 0. The van der Waals surface area contributed by atoms with E-state index in [0.29, 0.717) is 23.0 Å². The summed E-state index contributed by atoms with van der Waals surface area (Å²) < 4.78 is 10.3. The van der Waals surface area contributed by atoms with Gasteiger partial charge in [-0.3, -0.25) is 14.9 Å². The number of aryl methyl sites for hydroxylation is 1. The predicted molar refractivity (Wildman–Crippen MR) is 91.4 cm³/mol. The van der Waals surface area contributed by atoms with Crippen LogP contribution in [0.4, 0.5) is 11.5 Å². The standard InChI is InChI=1S/C17H20N4O4/c1-9-6-15(21-25-9)20-17(23)11(3)18-10(2)12-4-5-14-13(7-12)19-16(22)8-24-14/h4-7,10-11,18H,8H2,1-3H3,(H,19,22)(H,20,21,23)/t10-,11-/m1/s1. The van der Waals surface area contributed by atoms with Gasteiger partial charge in [-0.15, -0.1) is 0 Å². The number of fused-ring (bicyclic) bond motifs is 1. The molecular formula is C17H20N4O4. The normalized spacial score (nSPS) is 15.6. The molecule has 2 heterocycles. The number of nitrogens with zero attached hydrogens (tertiary/aromatic N) is 1. The summed E-state index contributed by atoms with van der Waals surface area (Å²) in [6, 6.07) is 6.65. The molecule has 1 aromatic carbocycles. The lowest BCUT2D eigenvalue weighted by Gasteiger charge is -2.22. The van der Waals surface area contributed by atoms with E-state index in [1.165, 1.54) is 0 Å². The molecule has 0 saturated heterocycles. The smallest absolute Gasteiger partial charge is 0.262 e. The first-order valence-corrected chi connectivity index (χ1v) is 7.99. The van der Waals surface area contributed by atoms with E-state index in [1.807, 2.05) is 25.1 Å². The van der Waals surface area contributed by atoms with Crippen molar-refractivity contribution in [3.63, 3.8) is 0 Å². The quantitative estimate of drug-likeness (QED) is 0.766. The molecule has 1 aliphatic heterocycles. The van der Waals surface area contributed by atoms with E-state index in [-0.39, 0.29) is 24.5 Å². The second kappa shape index (κ2) is 6.94. The number of carbonyl (C=O) groups is 2. The maximum absolute atomic E-state index is 12.2. The van der Waals surface area contributed by atoms with E-state index >= 15 is 0 Å². The van der Waals surface area contributed by atoms with Crippen molar-refractivity contribution in [1.82, 2.24) is 10.5 Å². The van der Waals surface area contributed by atoms with E-state index in [4.69, 9.17) is 9.26 Å². The minimum Gasteiger partial charge on any atom is -0.482 e. The topological polar surface area (TPSA) is 105 Å². The van der Waals surface area contributed by atoms with Crippen molar-refractivity contribution in [2.75, 3.05) is 17.2 Å². The van der Waals surface area contributed by atoms with Crippen molar-refractivity contribution < 1.29 is 18.8 Å². The SMILES string of the molecule is Cc1cc(NC(=O)[C@@H](C)N[C@H](C)c2ccc3c(c2)NC(=O)CO3)no1. The summed E-state index contributed by atoms with van der Waals surface area (Å²) in [5, 5.41) is 12.4. The van der Waals surface area contributed by atoms with Crippen LogP contribution in [-0.4, -0.2) is 29.6 Å². The molecule has 2 aromatic rings. The van der Waals surface area contributed by atoms with Crippen molar-refractivity contribution in [2.24, 2.45) is 0 Å². The third kappa shape index (κ3) is 3.97. The van der Waals surface area contributed by atoms with Crippen molar-refractivity contribution in [3.05, 3.63) is 35.6 Å². The van der Waals surface area contributed by atoms with Crippen molar-refractivity contribution in [2.45, 2.75) is 32.9 Å². The Kier molecular flexibility index (Phi) is 4.71. The Bertz CT molecular complexity index is 802. The summed E-state index contributed by atoms with van der Waals surface area (Å²) in [6.07, 6.45) is 0. The van der Waals surface area contributed by atoms with Crippen LogP contribution in [0.2, 0.25) is 0 Å². The molecule has 132 valence electrons. The van der Waals surface area contributed by atoms with Crippen LogP contribution in [0, 0.1) is 6.92 Å². The Labute approximate surface area is 144 Å². The number of carbonyl (C=O) groups excluding carboxylic acids is 2. The van der Waals surface area contributed by atoms with Gasteiger partial charge in [0.2, 0.25) is 5.91 Å². The number of benzene rings is 1. The van der Waals surface area contributed by atoms with Crippen LogP contribution in [0.3, 0.4) is 0 Å². The molecule has 2 atom stereocenters. The Morgan fingerprint density at radius 2 is 2.12 bits per heavy atom. The second-order valence-electron chi connectivity index (χ2n) is 6.01. The second-order valence-corrected chi connectivity index (χ2v) is 6.01. The molecule has 1 aromatic heterocycles. The van der Waals surface area contributed by atoms with E-state index in [2.05, 4.69) is 21.1 Å². The number of aromatic nitrogens is 1. The summed E-state index contributed by atoms with van der Waals surface area (Å²) >= 11 is 0. The molecule has 8 heteroatoms. The van der Waals surface area contributed by atoms with Gasteiger partial charge in [-0.2, -0.15) is 0 Å². The van der Waals surface area contributed by atoms with E-state index in [9.17, 15) is 9.59 Å². The maximum atomic E-state index is 12.2. The van der Waals surface area contributed by atoms with Gasteiger partial charge in [0.25, 0.3) is 5.91 Å². The molecule has 0 bridgehead atoms. The van der Waals surface area contributed by atoms with Gasteiger partial charge in [0, 0.05) is 12.1 Å². The first-order valence-electron chi connectivity index (χ1n) is 7.99. The van der Waals surface area contributed by atoms with Crippen LogP contribution in [-0.2, 0) is 9.59 Å². The largest absolute Gasteiger partial charge is 0.482 e. The Morgan fingerprint density at radius 3 is 2.84 bits per heavy atom. The highest BCUT2D eigenvalue weighted by Crippen LogP contribution is 2.30. The molecular weight excluding hydrogens is 324 g/mol. The van der Waals surface area contributed by atoms with Gasteiger partial charge in [-0.25, -0.2) is 0 Å². The lowest BCUT2D eigenvalue weighted by Crippen LogP contribution is -2.39. The van der Waals surface area contributed by atoms with Crippen LogP contribution in [0.15, 0.2) is 28.8 Å². The molecule has 3 rings (SSSR count). The fourth-order valence-electron chi connectivity index (χ4n) is 2.58. The van der Waals surface area contributed by atoms with Crippen LogP contribution in [0.25, 0.3) is 0 Å². The fraction of sp³-hybridized carbons (Fsp3) is 0.353. The van der Waals surface area contributed by atoms with E-state index in [0.717, 1.165) is 5.56 Å². The fourth-order valence-corrected chi connectivity index (χ4v) is 2.58. The van der Waals surface area contributed by atoms with Crippen LogP contribution in [0.5, 0.6) is 5.75 Å². The van der Waals surface area contributed by atoms with Crippen molar-refractivity contribution >= 4 is 23.3 Å². The lowest BCUT2D eigenvalue weighted by atomic mass is 10.1. The molecule has 2 amide bonds. The molecule has 1 aliphatic rings. The highest BCUT2D eigenvalue weighted by molar-refractivity contribution is 5.95. The Balaban J connectivity index is 1.63. The van der Waals surface area contributed by atoms with Gasteiger partial charge in [0.05, 0.1) is 11.7 Å². The summed E-state index contributed by atoms with van der Waals surface area (Å²) in [5.74, 6) is 1.26. The van der Waals surface area contributed by atoms with Gasteiger partial charge in [0.1, 0.15) is 11.5 Å². The highest BCUT2D eigenvalue weighted by atomic mass is 16.5. The zero-order valence-corrected chi connectivity index (χ0v) is 14.3. The molecule has 8 nitrogen and oxygen atoms in total. The summed E-state index contributed by atoms with van der Waals surface area (Å²) in [4.78, 5) is 23.7. The Hall–Kier alpha value is -2.87. The average molecular weight is 344 g/mol. The monoisotopic (exact) mass is 344 g/mol. The van der Waals surface area contributed by atoms with Gasteiger partial charge in [-0.05, 0) is 38.5 Å². The van der Waals surface area contributed by atoms with Crippen LogP contribution < -0.4 is 20.7 Å². The molecule has 0 aliphatic carbocycles. The van der Waals surface area contributed by atoms with E-state index < -0.39 is 6.04 Å². The Morgan fingerprint density at radius 1 is 1.32 bits per heavy atom. The number of hydrogen-bond donors (Lipinski definition) is 3.